The van der Waals surface area contributed by atoms with Crippen LogP contribution in [-0.4, -0.2) is 210 Å². The summed E-state index contributed by atoms with van der Waals surface area (Å²) in [6.07, 6.45) is -19.0. The Bertz CT molecular complexity index is 1620. The van der Waals surface area contributed by atoms with Gasteiger partial charge in [-0.3, -0.25) is 4.79 Å². The van der Waals surface area contributed by atoms with Crippen LogP contribution in [0.3, 0.4) is 0 Å². The summed E-state index contributed by atoms with van der Waals surface area (Å²) < 4.78 is 41.8. The van der Waals surface area contributed by atoms with Gasteiger partial charge in [-0.25, -0.2) is 0 Å². The van der Waals surface area contributed by atoms with Gasteiger partial charge in [-0.15, -0.1) is 0 Å². The lowest BCUT2D eigenvalue weighted by Crippen LogP contribution is -2.65. The van der Waals surface area contributed by atoms with Crippen molar-refractivity contribution in [3.8, 4) is 0 Å². The van der Waals surface area contributed by atoms with E-state index in [1.165, 1.54) is 0 Å². The van der Waals surface area contributed by atoms with E-state index in [4.69, 9.17) is 33.2 Å². The van der Waals surface area contributed by atoms with Crippen molar-refractivity contribution in [2.24, 2.45) is 52.3 Å². The average molecular weight is 935 g/mol. The predicted molar refractivity (Wildman–Crippen MR) is 220 cm³/mol. The maximum Gasteiger partial charge on any atom is 0.187 e. The van der Waals surface area contributed by atoms with Crippen LogP contribution in [0.2, 0.25) is 0 Å². The number of carbonyl (C=O) groups excluding carboxylic acids is 1. The van der Waals surface area contributed by atoms with E-state index in [1.807, 2.05) is 6.92 Å². The molecule has 0 amide bonds. The van der Waals surface area contributed by atoms with Crippen molar-refractivity contribution in [2.75, 3.05) is 26.4 Å². The number of hydrogen-bond acceptors (Lipinski definition) is 20. The molecule has 4 saturated heterocycles. The zero-order chi connectivity index (χ0) is 47.0. The van der Waals surface area contributed by atoms with Gasteiger partial charge in [0.2, 0.25) is 0 Å². The van der Waals surface area contributed by atoms with Crippen molar-refractivity contribution in [1.82, 2.24) is 0 Å². The van der Waals surface area contributed by atoms with Crippen LogP contribution in [-0.2, 0) is 38.0 Å². The van der Waals surface area contributed by atoms with Gasteiger partial charge in [0.1, 0.15) is 79.0 Å². The highest BCUT2D eigenvalue weighted by molar-refractivity contribution is 5.87. The highest BCUT2D eigenvalue weighted by Gasteiger charge is 2.69. The summed E-state index contributed by atoms with van der Waals surface area (Å²) in [5, 5.41) is 125. The van der Waals surface area contributed by atoms with E-state index < -0.39 is 136 Å². The van der Waals surface area contributed by atoms with Crippen molar-refractivity contribution < 1.29 is 99.2 Å². The molecule has 4 aliphatic carbocycles. The number of aliphatic hydroxyl groups is 12. The molecule has 374 valence electrons. The molecule has 0 spiro atoms. The number of fused-ring (bicyclic) bond motifs is 7. The number of ether oxygens (including phenoxy) is 7. The molecule has 20 heteroatoms. The minimum absolute atomic E-state index is 0.0635. The third kappa shape index (κ3) is 8.79. The lowest BCUT2D eigenvalue weighted by molar-refractivity contribution is -0.373. The van der Waals surface area contributed by atoms with Gasteiger partial charge >= 0.3 is 0 Å². The van der Waals surface area contributed by atoms with Crippen LogP contribution in [0, 0.1) is 52.3 Å². The van der Waals surface area contributed by atoms with E-state index in [1.54, 1.807) is 0 Å². The summed E-state index contributed by atoms with van der Waals surface area (Å²) >= 11 is 0. The second kappa shape index (κ2) is 19.6. The molecule has 4 aliphatic heterocycles. The monoisotopic (exact) mass is 934 g/mol. The number of rotatable bonds is 13. The molecular formula is C45H74O20. The smallest absolute Gasteiger partial charge is 0.187 e. The third-order valence-electron chi connectivity index (χ3n) is 17.7. The first-order chi connectivity index (χ1) is 30.8. The van der Waals surface area contributed by atoms with E-state index in [2.05, 4.69) is 20.8 Å². The van der Waals surface area contributed by atoms with Gasteiger partial charge in [-0.05, 0) is 85.9 Å². The molecule has 0 aromatic rings. The summed E-state index contributed by atoms with van der Waals surface area (Å²) in [4.78, 5) is 14.7. The van der Waals surface area contributed by atoms with Crippen LogP contribution in [0.5, 0.6) is 0 Å². The van der Waals surface area contributed by atoms with E-state index in [0.29, 0.717) is 31.6 Å². The second-order valence-corrected chi connectivity index (χ2v) is 21.3. The summed E-state index contributed by atoms with van der Waals surface area (Å²) in [5.74, 6) is 0.558. The minimum Gasteiger partial charge on any atom is -0.394 e. The first kappa shape index (κ1) is 50.3. The zero-order valence-electron chi connectivity index (χ0n) is 37.6. The fourth-order valence-electron chi connectivity index (χ4n) is 14.0. The lowest BCUT2D eigenvalue weighted by Gasteiger charge is -2.60. The van der Waals surface area contributed by atoms with E-state index in [0.717, 1.165) is 25.7 Å². The molecule has 8 rings (SSSR count). The standard InChI is InChI=1S/C45H74O20/c1-17(16-59-41-37(57)34(54)31(51)26(13-46)62-41)9-24(49)39-18(2)30-25(61-39)11-23-21-6-5-19-10-20(7-8-44(19,3)22(21)12-29(50)45(23,30)4)60-43-40(36(56)33(53)28(15-48)64-43)65-42-38(58)35(55)32(52)27(14-47)63-42/h17-28,30-43,46-49,51-58H,5-16H2,1-4H3/t17-,18+,19+,20-,21+,22+,23-,24-,25+,26-,27-,28-,30+,31-,32-,33-,34+,35+,36+,37-,38-,39+,40-,41-,42+,43-,44-,45-/m0/s1. The normalized spacial score (nSPS) is 54.3. The first-order valence-electron chi connectivity index (χ1n) is 23.8. The van der Waals surface area contributed by atoms with Gasteiger partial charge in [0.25, 0.3) is 0 Å². The van der Waals surface area contributed by atoms with Crippen molar-refractivity contribution in [3.05, 3.63) is 0 Å². The number of carbonyl (C=O) groups is 1. The fraction of sp³-hybridized carbons (Fsp3) is 0.978. The van der Waals surface area contributed by atoms with Gasteiger partial charge < -0.3 is 94.4 Å². The van der Waals surface area contributed by atoms with Gasteiger partial charge in [0.15, 0.2) is 18.9 Å². The largest absolute Gasteiger partial charge is 0.394 e. The highest BCUT2D eigenvalue weighted by atomic mass is 16.8. The van der Waals surface area contributed by atoms with E-state index in [9.17, 15) is 66.1 Å². The molecule has 0 unspecified atom stereocenters. The van der Waals surface area contributed by atoms with Crippen molar-refractivity contribution in [1.29, 1.82) is 0 Å². The highest BCUT2D eigenvalue weighted by Crippen LogP contribution is 2.69. The molecule has 20 nitrogen and oxygen atoms in total. The molecule has 4 saturated carbocycles. The van der Waals surface area contributed by atoms with Crippen LogP contribution in [0.1, 0.15) is 79.1 Å². The molecule has 28 atom stereocenters. The number of ketones is 1. The number of aliphatic hydroxyl groups excluding tert-OH is 12. The molecule has 0 bridgehead atoms. The summed E-state index contributed by atoms with van der Waals surface area (Å²) in [6.45, 7) is 6.51. The SMILES string of the molecule is C[C@H](CO[C@H]1O[C@@H](CO)[C@H](O)[C@@H](O)[C@@H]1O)C[C@H](O)[C@@H]1O[C@@H]2C[C@H]3[C@@H]4CC[C@@H]5C[C@@H](O[C@H]6O[C@@H](CO)[C@H](O)[C@@H](O)[C@@H]6O[C@H]6O[C@@H](CO)[C@H](O)[C@@H](O)[C@@H]6O)CC[C@]5(C)[C@@H]4CC(=O)[C@@]3(C)[C@@H]2[C@H]1C. The number of Topliss-reactive ketones (excluding diaryl/α,β-unsaturated/α-hetero) is 1. The Hall–Kier alpha value is -1.09. The Morgan fingerprint density at radius 2 is 1.28 bits per heavy atom. The van der Waals surface area contributed by atoms with E-state index in [-0.39, 0.29) is 59.4 Å². The van der Waals surface area contributed by atoms with Crippen LogP contribution < -0.4 is 0 Å². The fourth-order valence-corrected chi connectivity index (χ4v) is 14.0. The summed E-state index contributed by atoms with van der Waals surface area (Å²) in [5.41, 5.74) is -0.802. The number of hydrogen-bond donors (Lipinski definition) is 12. The molecule has 8 aliphatic rings. The molecule has 0 aromatic heterocycles. The van der Waals surface area contributed by atoms with Crippen molar-refractivity contribution >= 4 is 5.78 Å². The molecule has 0 radical (unpaired) electrons. The van der Waals surface area contributed by atoms with Crippen LogP contribution >= 0.6 is 0 Å². The van der Waals surface area contributed by atoms with Crippen LogP contribution in [0.15, 0.2) is 0 Å². The topological polar surface area (TPSA) is 324 Å². The Kier molecular flexibility index (Phi) is 15.2. The maximum atomic E-state index is 14.7. The van der Waals surface area contributed by atoms with Crippen LogP contribution in [0.4, 0.5) is 0 Å². The molecular weight excluding hydrogens is 860 g/mol. The second-order valence-electron chi connectivity index (χ2n) is 21.3. The molecule has 12 N–H and O–H groups in total. The van der Waals surface area contributed by atoms with Gasteiger partial charge in [0, 0.05) is 17.8 Å². The maximum absolute atomic E-state index is 14.7. The Balaban J connectivity index is 0.885. The molecule has 0 aromatic carbocycles. The van der Waals surface area contributed by atoms with Crippen LogP contribution in [0.25, 0.3) is 0 Å². The van der Waals surface area contributed by atoms with Crippen molar-refractivity contribution in [2.45, 2.75) is 196 Å². The zero-order valence-corrected chi connectivity index (χ0v) is 37.6. The van der Waals surface area contributed by atoms with Gasteiger partial charge in [0.05, 0.1) is 50.8 Å². The molecule has 65 heavy (non-hydrogen) atoms. The first-order valence-corrected chi connectivity index (χ1v) is 23.8. The summed E-state index contributed by atoms with van der Waals surface area (Å²) in [6, 6.07) is 0. The Morgan fingerprint density at radius 1 is 0.692 bits per heavy atom. The Labute approximate surface area is 378 Å². The quantitative estimate of drug-likeness (QED) is 0.0822. The van der Waals surface area contributed by atoms with Crippen molar-refractivity contribution in [3.63, 3.8) is 0 Å². The lowest BCUT2D eigenvalue weighted by atomic mass is 9.44. The Morgan fingerprint density at radius 3 is 1.91 bits per heavy atom. The van der Waals surface area contributed by atoms with Gasteiger partial charge in [-0.2, -0.15) is 0 Å². The average Bonchev–Trinajstić information content (AvgIpc) is 3.79. The molecule has 4 heterocycles. The van der Waals surface area contributed by atoms with E-state index >= 15 is 0 Å². The summed E-state index contributed by atoms with van der Waals surface area (Å²) in [7, 11) is 0. The predicted octanol–water partition coefficient (Wildman–Crippen LogP) is -2.95. The third-order valence-corrected chi connectivity index (χ3v) is 17.7. The minimum atomic E-state index is -1.78. The van der Waals surface area contributed by atoms with Gasteiger partial charge in [-0.1, -0.05) is 27.7 Å². The molecule has 8 fully saturated rings.